The van der Waals surface area contributed by atoms with Crippen LogP contribution in [0.2, 0.25) is 0 Å². The maximum Gasteiger partial charge on any atom is 0.307 e. The van der Waals surface area contributed by atoms with E-state index in [2.05, 4.69) is 37.4 Å². The number of fused-ring (bicyclic) bond motifs is 1. The monoisotopic (exact) mass is 371 g/mol. The molecule has 0 saturated carbocycles. The fraction of sp³-hybridized carbons (Fsp3) is 0.435. The Labute approximate surface area is 163 Å². The topological polar surface area (TPSA) is 69.6 Å². The molecule has 0 fully saturated rings. The molecule has 4 heteroatoms. The Morgan fingerprint density at radius 2 is 1.70 bits per heavy atom. The van der Waals surface area contributed by atoms with Gasteiger partial charge in [0, 0.05) is 12.3 Å². The van der Waals surface area contributed by atoms with Crippen LogP contribution in [-0.2, 0) is 17.6 Å². The minimum Gasteiger partial charge on any atom is -0.481 e. The van der Waals surface area contributed by atoms with Crippen LogP contribution in [-0.4, -0.2) is 22.8 Å². The number of anilines is 1. The number of aliphatic carboxylic acids is 1. The molecule has 4 nitrogen and oxygen atoms in total. The first-order chi connectivity index (χ1) is 12.9. The third kappa shape index (κ3) is 7.06. The lowest BCUT2D eigenvalue weighted by Crippen LogP contribution is -2.18. The highest BCUT2D eigenvalue weighted by molar-refractivity contribution is 5.71. The van der Waals surface area contributed by atoms with Gasteiger partial charge in [0.15, 0.2) is 0 Å². The highest BCUT2D eigenvalue weighted by Crippen LogP contribution is 2.33. The first kappa shape index (κ1) is 22.7. The average molecular weight is 372 g/mol. The van der Waals surface area contributed by atoms with Crippen LogP contribution < -0.4 is 5.32 Å². The minimum absolute atomic E-state index is 0.0911. The maximum atomic E-state index is 10.8. The molecular weight excluding hydrogens is 338 g/mol. The molecule has 3 rings (SSSR count). The molecule has 148 valence electrons. The van der Waals surface area contributed by atoms with E-state index >= 15 is 0 Å². The third-order valence-corrected chi connectivity index (χ3v) is 4.20. The molecule has 2 aromatic carbocycles. The van der Waals surface area contributed by atoms with E-state index < -0.39 is 5.97 Å². The van der Waals surface area contributed by atoms with Gasteiger partial charge in [-0.15, -0.1) is 0 Å². The standard InChI is InChI=1S/C19H21NO2.C2H6O.C2H6/c1-12-7-13(2)9-16(8-12)18-6-4-15-10-14(11-19(21)22)3-5-17(15)20-18;1-2-3;1-2/h3,5,7-10,18,20H,4,6,11H2,1-2H3,(H,21,22);3H,2H2,1H3;1-2H3/t18-;;/m0../s1. The largest absolute Gasteiger partial charge is 0.481 e. The molecule has 27 heavy (non-hydrogen) atoms. The number of nitrogens with one attached hydrogen (secondary N) is 1. The fourth-order valence-electron chi connectivity index (χ4n) is 3.30. The second kappa shape index (κ2) is 11.4. The molecule has 3 N–H and O–H groups in total. The maximum absolute atomic E-state index is 10.8. The van der Waals surface area contributed by atoms with Gasteiger partial charge in [0.05, 0.1) is 12.5 Å². The number of carboxylic acids is 1. The average Bonchev–Trinajstić information content (AvgIpc) is 2.62. The van der Waals surface area contributed by atoms with Gasteiger partial charge in [-0.1, -0.05) is 55.3 Å². The molecule has 0 aromatic heterocycles. The van der Waals surface area contributed by atoms with Gasteiger partial charge in [0.2, 0.25) is 0 Å². The van der Waals surface area contributed by atoms with E-state index in [4.69, 9.17) is 10.2 Å². The molecule has 1 aliphatic rings. The predicted octanol–water partition coefficient (Wildman–Crippen LogP) is 5.05. The molecule has 0 unspecified atom stereocenters. The van der Waals surface area contributed by atoms with Crippen molar-refractivity contribution in [1.82, 2.24) is 0 Å². The number of hydrogen-bond acceptors (Lipinski definition) is 3. The van der Waals surface area contributed by atoms with Gasteiger partial charge >= 0.3 is 5.97 Å². The number of aliphatic hydroxyl groups is 1. The lowest BCUT2D eigenvalue weighted by atomic mass is 9.91. The molecule has 1 atom stereocenters. The van der Waals surface area contributed by atoms with E-state index in [1.165, 1.54) is 22.3 Å². The van der Waals surface area contributed by atoms with Crippen molar-refractivity contribution < 1.29 is 15.0 Å². The molecule has 0 saturated heterocycles. The van der Waals surface area contributed by atoms with Crippen molar-refractivity contribution in [2.24, 2.45) is 0 Å². The van der Waals surface area contributed by atoms with E-state index in [0.29, 0.717) is 6.04 Å². The predicted molar refractivity (Wildman–Crippen MR) is 112 cm³/mol. The van der Waals surface area contributed by atoms with Crippen LogP contribution in [0.3, 0.4) is 0 Å². The van der Waals surface area contributed by atoms with E-state index in [1.807, 2.05) is 32.0 Å². The number of carbonyl (C=O) groups is 1. The summed E-state index contributed by atoms with van der Waals surface area (Å²) in [6.45, 7) is 10.2. The first-order valence-electron chi connectivity index (χ1n) is 9.72. The summed E-state index contributed by atoms with van der Waals surface area (Å²) in [7, 11) is 0. The Hall–Kier alpha value is -2.33. The lowest BCUT2D eigenvalue weighted by molar-refractivity contribution is -0.136. The van der Waals surface area contributed by atoms with Crippen LogP contribution in [0.15, 0.2) is 36.4 Å². The van der Waals surface area contributed by atoms with Gasteiger partial charge in [0.25, 0.3) is 0 Å². The summed E-state index contributed by atoms with van der Waals surface area (Å²) in [4.78, 5) is 10.8. The fourth-order valence-corrected chi connectivity index (χ4v) is 3.30. The Balaban J connectivity index is 0.000000665. The zero-order valence-corrected chi connectivity index (χ0v) is 17.2. The Bertz CT molecular complexity index is 720. The Morgan fingerprint density at radius 3 is 2.26 bits per heavy atom. The molecule has 2 aromatic rings. The van der Waals surface area contributed by atoms with Crippen molar-refractivity contribution in [3.05, 3.63) is 64.2 Å². The number of carboxylic acid groups (broad SMARTS) is 1. The molecule has 0 radical (unpaired) electrons. The minimum atomic E-state index is -0.781. The number of benzene rings is 2. The summed E-state index contributed by atoms with van der Waals surface area (Å²) in [5.74, 6) is -0.781. The molecule has 1 heterocycles. The molecule has 0 aliphatic carbocycles. The normalized spacial score (nSPS) is 14.5. The van der Waals surface area contributed by atoms with E-state index in [-0.39, 0.29) is 13.0 Å². The summed E-state index contributed by atoms with van der Waals surface area (Å²) in [5, 5.41) is 20.1. The van der Waals surface area contributed by atoms with E-state index in [1.54, 1.807) is 6.92 Å². The molecule has 0 bridgehead atoms. The van der Waals surface area contributed by atoms with Crippen molar-refractivity contribution in [1.29, 1.82) is 0 Å². The van der Waals surface area contributed by atoms with E-state index in [0.717, 1.165) is 24.1 Å². The Kier molecular flexibility index (Phi) is 9.59. The molecule has 0 amide bonds. The van der Waals surface area contributed by atoms with Crippen molar-refractivity contribution in [3.8, 4) is 0 Å². The molecule has 0 spiro atoms. The number of aliphatic hydroxyl groups excluding tert-OH is 1. The van der Waals surface area contributed by atoms with Gasteiger partial charge in [0.1, 0.15) is 0 Å². The van der Waals surface area contributed by atoms with Gasteiger partial charge in [-0.3, -0.25) is 4.79 Å². The lowest BCUT2D eigenvalue weighted by Gasteiger charge is -2.28. The van der Waals surface area contributed by atoms with Gasteiger partial charge < -0.3 is 15.5 Å². The van der Waals surface area contributed by atoms with Crippen LogP contribution in [0, 0.1) is 13.8 Å². The van der Waals surface area contributed by atoms with Crippen molar-refractivity contribution >= 4 is 11.7 Å². The Morgan fingerprint density at radius 1 is 1.11 bits per heavy atom. The highest BCUT2D eigenvalue weighted by atomic mass is 16.4. The number of aryl methyl sites for hydroxylation is 3. The van der Waals surface area contributed by atoms with E-state index in [9.17, 15) is 4.79 Å². The summed E-state index contributed by atoms with van der Waals surface area (Å²) < 4.78 is 0. The first-order valence-corrected chi connectivity index (χ1v) is 9.72. The smallest absolute Gasteiger partial charge is 0.307 e. The van der Waals surface area contributed by atoms with Gasteiger partial charge in [-0.2, -0.15) is 0 Å². The van der Waals surface area contributed by atoms with Crippen LogP contribution in [0.1, 0.15) is 61.1 Å². The molecule has 1 aliphatic heterocycles. The number of rotatable bonds is 3. The van der Waals surface area contributed by atoms with Crippen LogP contribution in [0.25, 0.3) is 0 Å². The SMILES string of the molecule is CC.CCO.Cc1cc(C)cc([C@@H]2CCc3cc(CC(=O)O)ccc3N2)c1. The van der Waals surface area contributed by atoms with Crippen molar-refractivity contribution in [3.63, 3.8) is 0 Å². The second-order valence-electron chi connectivity index (χ2n) is 6.53. The van der Waals surface area contributed by atoms with Gasteiger partial charge in [-0.25, -0.2) is 0 Å². The summed E-state index contributed by atoms with van der Waals surface area (Å²) in [6, 6.07) is 13.0. The summed E-state index contributed by atoms with van der Waals surface area (Å²) >= 11 is 0. The number of hydrogen-bond donors (Lipinski definition) is 3. The highest BCUT2D eigenvalue weighted by Gasteiger charge is 2.20. The van der Waals surface area contributed by atoms with Crippen molar-refractivity contribution in [2.75, 3.05) is 11.9 Å². The summed E-state index contributed by atoms with van der Waals surface area (Å²) in [6.07, 6.45) is 2.10. The third-order valence-electron chi connectivity index (χ3n) is 4.20. The van der Waals surface area contributed by atoms with Crippen LogP contribution in [0.5, 0.6) is 0 Å². The van der Waals surface area contributed by atoms with Crippen molar-refractivity contribution in [2.45, 2.75) is 59.9 Å². The zero-order valence-electron chi connectivity index (χ0n) is 17.2. The van der Waals surface area contributed by atoms with Crippen LogP contribution in [0.4, 0.5) is 5.69 Å². The zero-order chi connectivity index (χ0) is 20.4. The van der Waals surface area contributed by atoms with Crippen LogP contribution >= 0.6 is 0 Å². The summed E-state index contributed by atoms with van der Waals surface area (Å²) in [5.41, 5.74) is 7.14. The van der Waals surface area contributed by atoms with Gasteiger partial charge in [-0.05, 0) is 56.4 Å². The molecular formula is C23H33NO3. The second-order valence-corrected chi connectivity index (χ2v) is 6.53. The quantitative estimate of drug-likeness (QED) is 0.706.